The lowest BCUT2D eigenvalue weighted by molar-refractivity contribution is 0.0333. The molecular weight excluding hydrogens is 392 g/mol. The van der Waals surface area contributed by atoms with Crippen LogP contribution >= 0.6 is 0 Å². The smallest absolute Gasteiger partial charge is 0.161 e. The van der Waals surface area contributed by atoms with E-state index in [0.29, 0.717) is 18.0 Å². The van der Waals surface area contributed by atoms with Crippen molar-refractivity contribution in [1.29, 1.82) is 0 Å². The molecule has 1 aliphatic heterocycles. The van der Waals surface area contributed by atoms with Crippen LogP contribution in [0.5, 0.6) is 11.5 Å². The van der Waals surface area contributed by atoms with E-state index in [-0.39, 0.29) is 18.2 Å². The molecule has 31 heavy (non-hydrogen) atoms. The topological polar surface area (TPSA) is 74.2 Å². The Morgan fingerprint density at radius 1 is 1.10 bits per heavy atom. The van der Waals surface area contributed by atoms with Crippen molar-refractivity contribution in [1.82, 2.24) is 10.2 Å². The fourth-order valence-electron chi connectivity index (χ4n) is 4.30. The highest BCUT2D eigenvalue weighted by Gasteiger charge is 2.43. The van der Waals surface area contributed by atoms with Gasteiger partial charge in [0.2, 0.25) is 0 Å². The van der Waals surface area contributed by atoms with E-state index < -0.39 is 6.10 Å². The van der Waals surface area contributed by atoms with E-state index in [4.69, 9.17) is 9.47 Å². The van der Waals surface area contributed by atoms with E-state index in [0.717, 1.165) is 50.9 Å². The molecular formula is C25H34N2O4. The van der Waals surface area contributed by atoms with Crippen LogP contribution in [0.4, 0.5) is 0 Å². The van der Waals surface area contributed by atoms with Crippen LogP contribution in [0.2, 0.25) is 0 Å². The average Bonchev–Trinajstić information content (AvgIpc) is 3.60. The minimum absolute atomic E-state index is 0.0955. The second-order valence-electron chi connectivity index (χ2n) is 8.78. The number of nitrogens with one attached hydrogen (secondary N) is 1. The summed E-state index contributed by atoms with van der Waals surface area (Å²) in [7, 11) is 1.64. The third-order valence-electron chi connectivity index (χ3n) is 6.39. The van der Waals surface area contributed by atoms with Crippen molar-refractivity contribution in [3.05, 3.63) is 59.7 Å². The predicted octanol–water partition coefficient (Wildman–Crippen LogP) is 2.67. The monoisotopic (exact) mass is 426 g/mol. The van der Waals surface area contributed by atoms with Crippen LogP contribution in [0.25, 0.3) is 0 Å². The zero-order valence-corrected chi connectivity index (χ0v) is 18.3. The average molecular weight is 427 g/mol. The highest BCUT2D eigenvalue weighted by molar-refractivity contribution is 5.43. The quantitative estimate of drug-likeness (QED) is 0.543. The van der Waals surface area contributed by atoms with Gasteiger partial charge in [-0.3, -0.25) is 0 Å². The summed E-state index contributed by atoms with van der Waals surface area (Å²) < 4.78 is 11.4. The van der Waals surface area contributed by atoms with Crippen LogP contribution in [0, 0.1) is 0 Å². The Morgan fingerprint density at radius 2 is 1.84 bits per heavy atom. The molecule has 0 bridgehead atoms. The number of hydrogen-bond acceptors (Lipinski definition) is 6. The van der Waals surface area contributed by atoms with Crippen molar-refractivity contribution < 1.29 is 19.7 Å². The maximum Gasteiger partial charge on any atom is 0.161 e. The summed E-state index contributed by atoms with van der Waals surface area (Å²) in [4.78, 5) is 2.17. The largest absolute Gasteiger partial charge is 0.493 e. The molecule has 0 aromatic heterocycles. The maximum absolute atomic E-state index is 10.4. The van der Waals surface area contributed by atoms with Gasteiger partial charge in [-0.05, 0) is 48.9 Å². The number of aliphatic hydroxyl groups is 2. The zero-order valence-electron chi connectivity index (χ0n) is 18.3. The maximum atomic E-state index is 10.4. The summed E-state index contributed by atoms with van der Waals surface area (Å²) in [6, 6.07) is 16.6. The second-order valence-corrected chi connectivity index (χ2v) is 8.78. The van der Waals surface area contributed by atoms with Gasteiger partial charge in [-0.2, -0.15) is 0 Å². The Balaban J connectivity index is 1.29. The SMILES string of the molecule is COc1cc(CNC2(c3ccccc3)CC2)ccc1OC[C@H](O)CN1CCC(O)CC1. The first kappa shape index (κ1) is 22.1. The molecule has 6 heteroatoms. The van der Waals surface area contributed by atoms with Gasteiger partial charge in [0, 0.05) is 31.7 Å². The van der Waals surface area contributed by atoms with E-state index in [1.54, 1.807) is 7.11 Å². The van der Waals surface area contributed by atoms with Crippen molar-refractivity contribution in [3.8, 4) is 11.5 Å². The molecule has 2 aliphatic rings. The molecule has 1 aliphatic carbocycles. The third-order valence-corrected chi connectivity index (χ3v) is 6.39. The van der Waals surface area contributed by atoms with Gasteiger partial charge in [-0.25, -0.2) is 0 Å². The van der Waals surface area contributed by atoms with Crippen LogP contribution in [0.15, 0.2) is 48.5 Å². The molecule has 2 aromatic carbocycles. The molecule has 0 amide bonds. The van der Waals surface area contributed by atoms with Crippen molar-refractivity contribution in [3.63, 3.8) is 0 Å². The standard InChI is InChI=1S/C25H34N2O4/c1-30-24-15-19(16-26-25(11-12-25)20-5-3-2-4-6-20)7-8-23(24)31-18-22(29)17-27-13-9-21(28)10-14-27/h2-8,15,21-22,26,28-29H,9-14,16-18H2,1H3/t22-/m1/s1. The first-order valence-corrected chi connectivity index (χ1v) is 11.3. The number of likely N-dealkylation sites (tertiary alicyclic amines) is 1. The first-order chi connectivity index (χ1) is 15.1. The van der Waals surface area contributed by atoms with Gasteiger partial charge in [0.05, 0.1) is 13.2 Å². The fraction of sp³-hybridized carbons (Fsp3) is 0.520. The molecule has 1 saturated carbocycles. The molecule has 0 radical (unpaired) electrons. The summed E-state index contributed by atoms with van der Waals surface area (Å²) in [5.41, 5.74) is 2.58. The lowest BCUT2D eigenvalue weighted by Gasteiger charge is -2.30. The van der Waals surface area contributed by atoms with Crippen LogP contribution in [-0.2, 0) is 12.1 Å². The molecule has 1 heterocycles. The van der Waals surface area contributed by atoms with Crippen molar-refractivity contribution in [2.24, 2.45) is 0 Å². The molecule has 1 saturated heterocycles. The summed E-state index contributed by atoms with van der Waals surface area (Å²) in [6.45, 7) is 3.15. The van der Waals surface area contributed by atoms with Gasteiger partial charge in [-0.1, -0.05) is 36.4 Å². The highest BCUT2D eigenvalue weighted by atomic mass is 16.5. The molecule has 0 spiro atoms. The normalized spacial score (nSPS) is 19.7. The molecule has 6 nitrogen and oxygen atoms in total. The number of ether oxygens (including phenoxy) is 2. The Bertz CT molecular complexity index is 833. The lowest BCUT2D eigenvalue weighted by Crippen LogP contribution is -2.41. The molecule has 2 fully saturated rings. The van der Waals surface area contributed by atoms with E-state index in [1.807, 2.05) is 18.2 Å². The molecule has 1 atom stereocenters. The number of piperidine rings is 1. The number of aliphatic hydroxyl groups excluding tert-OH is 2. The van der Waals surface area contributed by atoms with Crippen molar-refractivity contribution in [2.45, 2.75) is 50.0 Å². The third kappa shape index (κ3) is 5.77. The number of rotatable bonds is 10. The first-order valence-electron chi connectivity index (χ1n) is 11.3. The van der Waals surface area contributed by atoms with Gasteiger partial charge >= 0.3 is 0 Å². The predicted molar refractivity (Wildman–Crippen MR) is 120 cm³/mol. The lowest BCUT2D eigenvalue weighted by atomic mass is 10.0. The summed E-state index contributed by atoms with van der Waals surface area (Å²) >= 11 is 0. The summed E-state index contributed by atoms with van der Waals surface area (Å²) in [5, 5.41) is 23.7. The Labute approximate surface area is 184 Å². The Kier molecular flexibility index (Phi) is 7.13. The number of nitrogens with zero attached hydrogens (tertiary/aromatic N) is 1. The van der Waals surface area contributed by atoms with E-state index in [1.165, 1.54) is 5.56 Å². The minimum Gasteiger partial charge on any atom is -0.493 e. The fourth-order valence-corrected chi connectivity index (χ4v) is 4.30. The van der Waals surface area contributed by atoms with Gasteiger partial charge < -0.3 is 29.9 Å². The van der Waals surface area contributed by atoms with Crippen molar-refractivity contribution >= 4 is 0 Å². The number of methoxy groups -OCH3 is 1. The number of hydrogen-bond donors (Lipinski definition) is 3. The van der Waals surface area contributed by atoms with Crippen LogP contribution < -0.4 is 14.8 Å². The molecule has 168 valence electrons. The van der Waals surface area contributed by atoms with Crippen molar-refractivity contribution in [2.75, 3.05) is 33.4 Å². The van der Waals surface area contributed by atoms with Crippen LogP contribution in [0.1, 0.15) is 36.8 Å². The molecule has 0 unspecified atom stereocenters. The van der Waals surface area contributed by atoms with Gasteiger partial charge in [-0.15, -0.1) is 0 Å². The van der Waals surface area contributed by atoms with E-state index in [9.17, 15) is 10.2 Å². The minimum atomic E-state index is -0.582. The molecule has 3 N–H and O–H groups in total. The van der Waals surface area contributed by atoms with Gasteiger partial charge in [0.25, 0.3) is 0 Å². The van der Waals surface area contributed by atoms with Gasteiger partial charge in [0.15, 0.2) is 11.5 Å². The van der Waals surface area contributed by atoms with Crippen LogP contribution in [-0.4, -0.2) is 60.7 Å². The molecule has 4 rings (SSSR count). The summed E-state index contributed by atoms with van der Waals surface area (Å²) in [5.74, 6) is 1.32. The summed E-state index contributed by atoms with van der Waals surface area (Å²) in [6.07, 6.45) is 3.06. The molecule has 2 aromatic rings. The number of benzene rings is 2. The highest BCUT2D eigenvalue weighted by Crippen LogP contribution is 2.45. The Hall–Kier alpha value is -2.12. The Morgan fingerprint density at radius 3 is 2.52 bits per heavy atom. The van der Waals surface area contributed by atoms with E-state index >= 15 is 0 Å². The second kappa shape index (κ2) is 10.0. The number of β-amino-alcohol motifs (C(OH)–C–C–N with tert-alkyl or cyclic N) is 1. The zero-order chi connectivity index (χ0) is 21.7. The van der Waals surface area contributed by atoms with Gasteiger partial charge in [0.1, 0.15) is 12.7 Å². The van der Waals surface area contributed by atoms with Crippen LogP contribution in [0.3, 0.4) is 0 Å². The van der Waals surface area contributed by atoms with E-state index in [2.05, 4.69) is 40.5 Å².